The first-order valence-electron chi connectivity index (χ1n) is 7.06. The Balaban J connectivity index is 1.59. The van der Waals surface area contributed by atoms with Gasteiger partial charge < -0.3 is 10.1 Å². The molecule has 0 atom stereocenters. The van der Waals surface area contributed by atoms with Gasteiger partial charge in [-0.2, -0.15) is 0 Å². The third-order valence-corrected chi connectivity index (χ3v) is 5.57. The molecule has 2 heterocycles. The van der Waals surface area contributed by atoms with Gasteiger partial charge in [-0.05, 0) is 31.4 Å². The lowest BCUT2D eigenvalue weighted by Crippen LogP contribution is -2.62. The SMILES string of the molecule is O=C(NCC1(N2CCOCC2)CCC1)c1ccc(Cl)s1. The lowest BCUT2D eigenvalue weighted by atomic mass is 9.75. The van der Waals surface area contributed by atoms with Crippen molar-refractivity contribution in [2.24, 2.45) is 0 Å². The number of carbonyl (C=O) groups is 1. The van der Waals surface area contributed by atoms with Crippen LogP contribution in [0.1, 0.15) is 28.9 Å². The van der Waals surface area contributed by atoms with E-state index in [1.54, 1.807) is 12.1 Å². The van der Waals surface area contributed by atoms with E-state index in [4.69, 9.17) is 16.3 Å². The Morgan fingerprint density at radius 3 is 2.70 bits per heavy atom. The topological polar surface area (TPSA) is 41.6 Å². The fourth-order valence-corrected chi connectivity index (χ4v) is 3.96. The summed E-state index contributed by atoms with van der Waals surface area (Å²) in [6, 6.07) is 3.55. The molecule has 1 amide bonds. The average Bonchev–Trinajstić information content (AvgIpc) is 2.85. The van der Waals surface area contributed by atoms with Gasteiger partial charge in [0.15, 0.2) is 0 Å². The zero-order chi connectivity index (χ0) is 14.0. The number of nitrogens with zero attached hydrogens (tertiary/aromatic N) is 1. The molecule has 6 heteroatoms. The van der Waals surface area contributed by atoms with Gasteiger partial charge in [-0.3, -0.25) is 9.69 Å². The van der Waals surface area contributed by atoms with Gasteiger partial charge in [0.25, 0.3) is 5.91 Å². The first kappa shape index (κ1) is 14.3. The van der Waals surface area contributed by atoms with Gasteiger partial charge in [-0.1, -0.05) is 11.6 Å². The first-order chi connectivity index (χ1) is 9.70. The fraction of sp³-hybridized carbons (Fsp3) is 0.643. The van der Waals surface area contributed by atoms with E-state index in [0.717, 1.165) is 32.8 Å². The van der Waals surface area contributed by atoms with Gasteiger partial charge in [0, 0.05) is 25.2 Å². The lowest BCUT2D eigenvalue weighted by Gasteiger charge is -2.51. The fourth-order valence-electron chi connectivity index (χ4n) is 3.00. The molecule has 0 bridgehead atoms. The van der Waals surface area contributed by atoms with Crippen LogP contribution in [0, 0.1) is 0 Å². The zero-order valence-corrected chi connectivity index (χ0v) is 12.9. The van der Waals surface area contributed by atoms with Crippen molar-refractivity contribution in [3.05, 3.63) is 21.3 Å². The van der Waals surface area contributed by atoms with E-state index in [1.807, 2.05) is 0 Å². The lowest BCUT2D eigenvalue weighted by molar-refractivity contribution is -0.0540. The number of hydrogen-bond acceptors (Lipinski definition) is 4. The monoisotopic (exact) mass is 314 g/mol. The summed E-state index contributed by atoms with van der Waals surface area (Å²) in [4.78, 5) is 15.3. The molecule has 1 saturated heterocycles. The highest BCUT2D eigenvalue weighted by molar-refractivity contribution is 7.17. The number of amides is 1. The number of nitrogens with one attached hydrogen (secondary N) is 1. The van der Waals surface area contributed by atoms with Crippen LogP contribution < -0.4 is 5.32 Å². The molecular weight excluding hydrogens is 296 g/mol. The van der Waals surface area contributed by atoms with Gasteiger partial charge in [0.2, 0.25) is 0 Å². The Morgan fingerprint density at radius 2 is 2.15 bits per heavy atom. The second-order valence-corrected chi connectivity index (χ2v) is 7.18. The average molecular weight is 315 g/mol. The molecule has 3 rings (SSSR count). The van der Waals surface area contributed by atoms with Crippen molar-refractivity contribution in [1.29, 1.82) is 0 Å². The van der Waals surface area contributed by atoms with Crippen LogP contribution in [0.2, 0.25) is 4.34 Å². The summed E-state index contributed by atoms with van der Waals surface area (Å²) in [5.74, 6) is -0.0126. The van der Waals surface area contributed by atoms with Gasteiger partial charge >= 0.3 is 0 Å². The number of hydrogen-bond donors (Lipinski definition) is 1. The Bertz CT molecular complexity index is 481. The molecule has 0 spiro atoms. The highest BCUT2D eigenvalue weighted by Crippen LogP contribution is 2.37. The summed E-state index contributed by atoms with van der Waals surface area (Å²) >= 11 is 7.20. The number of rotatable bonds is 4. The van der Waals surface area contributed by atoms with Crippen molar-refractivity contribution in [2.45, 2.75) is 24.8 Å². The quantitative estimate of drug-likeness (QED) is 0.928. The molecule has 0 radical (unpaired) electrons. The van der Waals surface area contributed by atoms with Crippen LogP contribution in [0.25, 0.3) is 0 Å². The van der Waals surface area contributed by atoms with Crippen molar-refractivity contribution in [2.75, 3.05) is 32.8 Å². The molecule has 2 fully saturated rings. The molecule has 1 aliphatic carbocycles. The number of thiophene rings is 1. The third-order valence-electron chi connectivity index (χ3n) is 4.34. The Labute approximate surface area is 128 Å². The number of carbonyl (C=O) groups excluding carboxylic acids is 1. The van der Waals surface area contributed by atoms with Gasteiger partial charge in [-0.25, -0.2) is 0 Å². The standard InChI is InChI=1S/C14H19ClN2O2S/c15-12-3-2-11(20-12)13(18)16-10-14(4-1-5-14)17-6-8-19-9-7-17/h2-3H,1,4-10H2,(H,16,18). The van der Waals surface area contributed by atoms with E-state index >= 15 is 0 Å². The molecule has 4 nitrogen and oxygen atoms in total. The second kappa shape index (κ2) is 6.02. The molecule has 20 heavy (non-hydrogen) atoms. The van der Waals surface area contributed by atoms with E-state index in [9.17, 15) is 4.79 Å². The van der Waals surface area contributed by atoms with Crippen LogP contribution in [0.4, 0.5) is 0 Å². The van der Waals surface area contributed by atoms with Crippen molar-refractivity contribution in [1.82, 2.24) is 10.2 Å². The van der Waals surface area contributed by atoms with E-state index in [2.05, 4.69) is 10.2 Å². The maximum absolute atomic E-state index is 12.1. The van der Waals surface area contributed by atoms with Crippen LogP contribution in [-0.4, -0.2) is 49.2 Å². The Hall–Kier alpha value is -0.620. The maximum atomic E-state index is 12.1. The van der Waals surface area contributed by atoms with Crippen LogP contribution in [-0.2, 0) is 4.74 Å². The highest BCUT2D eigenvalue weighted by Gasteiger charge is 2.43. The van der Waals surface area contributed by atoms with E-state index < -0.39 is 0 Å². The molecule has 2 aliphatic rings. The summed E-state index contributed by atoms with van der Waals surface area (Å²) in [5.41, 5.74) is 0.153. The molecule has 0 aromatic carbocycles. The second-order valence-electron chi connectivity index (χ2n) is 5.46. The van der Waals surface area contributed by atoms with Gasteiger partial charge in [-0.15, -0.1) is 11.3 Å². The normalized spacial score (nSPS) is 22.2. The van der Waals surface area contributed by atoms with Crippen LogP contribution in [0.5, 0.6) is 0 Å². The summed E-state index contributed by atoms with van der Waals surface area (Å²) < 4.78 is 6.07. The number of ether oxygens (including phenoxy) is 1. The maximum Gasteiger partial charge on any atom is 0.261 e. The Morgan fingerprint density at radius 1 is 1.40 bits per heavy atom. The molecule has 1 aromatic rings. The van der Waals surface area contributed by atoms with Crippen LogP contribution >= 0.6 is 22.9 Å². The number of morpholine rings is 1. The minimum absolute atomic E-state index is 0.0126. The molecule has 110 valence electrons. The summed E-state index contributed by atoms with van der Waals surface area (Å²) in [6.07, 6.45) is 3.58. The molecule has 1 saturated carbocycles. The largest absolute Gasteiger partial charge is 0.379 e. The minimum Gasteiger partial charge on any atom is -0.379 e. The van der Waals surface area contributed by atoms with E-state index in [-0.39, 0.29) is 11.4 Å². The first-order valence-corrected chi connectivity index (χ1v) is 8.25. The van der Waals surface area contributed by atoms with Crippen molar-refractivity contribution in [3.8, 4) is 0 Å². The number of halogens is 1. The van der Waals surface area contributed by atoms with Crippen molar-refractivity contribution < 1.29 is 9.53 Å². The van der Waals surface area contributed by atoms with Crippen molar-refractivity contribution in [3.63, 3.8) is 0 Å². The predicted octanol–water partition coefficient (Wildman–Crippen LogP) is 2.39. The molecule has 1 N–H and O–H groups in total. The van der Waals surface area contributed by atoms with Crippen molar-refractivity contribution >= 4 is 28.8 Å². The smallest absolute Gasteiger partial charge is 0.261 e. The van der Waals surface area contributed by atoms with E-state index in [0.29, 0.717) is 9.21 Å². The third kappa shape index (κ3) is 2.86. The van der Waals surface area contributed by atoms with E-state index in [1.165, 1.54) is 30.6 Å². The molecule has 1 aliphatic heterocycles. The summed E-state index contributed by atoms with van der Waals surface area (Å²) in [7, 11) is 0. The minimum atomic E-state index is -0.0126. The predicted molar refractivity (Wildman–Crippen MR) is 80.6 cm³/mol. The van der Waals surface area contributed by atoms with Crippen LogP contribution in [0.3, 0.4) is 0 Å². The molecule has 0 unspecified atom stereocenters. The Kier molecular flexibility index (Phi) is 4.31. The summed E-state index contributed by atoms with van der Waals surface area (Å²) in [6.45, 7) is 4.27. The molecule has 1 aromatic heterocycles. The van der Waals surface area contributed by atoms with Gasteiger partial charge in [0.05, 0.1) is 22.4 Å². The highest BCUT2D eigenvalue weighted by atomic mass is 35.5. The zero-order valence-electron chi connectivity index (χ0n) is 11.4. The van der Waals surface area contributed by atoms with Gasteiger partial charge in [0.1, 0.15) is 0 Å². The summed E-state index contributed by atoms with van der Waals surface area (Å²) in [5, 5.41) is 3.08. The van der Waals surface area contributed by atoms with Crippen LogP contribution in [0.15, 0.2) is 12.1 Å². The molecular formula is C14H19ClN2O2S.